The first kappa shape index (κ1) is 16.7. The van der Waals surface area contributed by atoms with E-state index in [9.17, 15) is 4.79 Å². The quantitative estimate of drug-likeness (QED) is 0.852. The third-order valence-electron chi connectivity index (χ3n) is 3.28. The van der Waals surface area contributed by atoms with Gasteiger partial charge in [-0.15, -0.1) is 12.4 Å². The summed E-state index contributed by atoms with van der Waals surface area (Å²) >= 11 is 0. The summed E-state index contributed by atoms with van der Waals surface area (Å²) in [4.78, 5) is 20.3. The number of nitrogens with one attached hydrogen (secondary N) is 1. The summed E-state index contributed by atoms with van der Waals surface area (Å²) in [6.07, 6.45) is 1.79. The van der Waals surface area contributed by atoms with Crippen molar-refractivity contribution in [1.29, 1.82) is 0 Å². The number of anilines is 2. The molecule has 3 N–H and O–H groups in total. The molecule has 0 aliphatic carbocycles. The number of nitrogens with two attached hydrogens (primary N) is 1. The Bertz CT molecular complexity index is 429. The summed E-state index contributed by atoms with van der Waals surface area (Å²) in [5.74, 6) is 0.319. The van der Waals surface area contributed by atoms with Crippen LogP contribution in [0, 0.1) is 0 Å². The minimum atomic E-state index is -0.529. The number of nitrogens with zero attached hydrogens (tertiary/aromatic N) is 3. The highest BCUT2D eigenvalue weighted by atomic mass is 35.5. The number of halogens is 1. The minimum absolute atomic E-state index is 0. The molecule has 0 spiro atoms. The number of likely N-dealkylation sites (N-methyl/N-ethyl adjacent to an activating group) is 1. The van der Waals surface area contributed by atoms with Gasteiger partial charge in [-0.05, 0) is 26.1 Å². The Labute approximate surface area is 125 Å². The highest BCUT2D eigenvalue weighted by molar-refractivity contribution is 5.93. The molecule has 1 aliphatic heterocycles. The van der Waals surface area contributed by atoms with Crippen molar-refractivity contribution in [2.24, 2.45) is 5.73 Å². The second-order valence-electron chi connectivity index (χ2n) is 4.97. The molecular formula is C13H22ClN5O. The van der Waals surface area contributed by atoms with Crippen molar-refractivity contribution < 1.29 is 4.79 Å². The molecule has 1 amide bonds. The second-order valence-corrected chi connectivity index (χ2v) is 4.97. The van der Waals surface area contributed by atoms with Gasteiger partial charge in [0.2, 0.25) is 5.91 Å². The van der Waals surface area contributed by atoms with Crippen LogP contribution < -0.4 is 16.0 Å². The predicted octanol–water partition coefficient (Wildman–Crippen LogP) is 0.541. The number of carbonyl (C=O) groups excluding carboxylic acids is 1. The number of piperazine rings is 1. The third-order valence-corrected chi connectivity index (χ3v) is 3.28. The molecule has 1 unspecified atom stereocenters. The maximum atomic E-state index is 11.4. The van der Waals surface area contributed by atoms with Crippen molar-refractivity contribution in [2.75, 3.05) is 43.4 Å². The van der Waals surface area contributed by atoms with E-state index in [1.807, 2.05) is 12.1 Å². The van der Waals surface area contributed by atoms with E-state index in [-0.39, 0.29) is 18.3 Å². The lowest BCUT2D eigenvalue weighted by Crippen LogP contribution is -2.44. The van der Waals surface area contributed by atoms with E-state index in [4.69, 9.17) is 5.73 Å². The zero-order valence-electron chi connectivity index (χ0n) is 11.9. The van der Waals surface area contributed by atoms with Crippen LogP contribution in [0.25, 0.3) is 0 Å². The minimum Gasteiger partial charge on any atom is -0.368 e. The van der Waals surface area contributed by atoms with E-state index in [0.29, 0.717) is 5.82 Å². The number of rotatable bonds is 3. The molecule has 7 heteroatoms. The summed E-state index contributed by atoms with van der Waals surface area (Å²) in [6.45, 7) is 5.77. The Morgan fingerprint density at radius 1 is 1.35 bits per heavy atom. The standard InChI is InChI=1S/C13H21N5O.ClH/c1-10(14)13(19)16-12-4-3-11(9-15-12)18-7-5-17(2)6-8-18;/h3-4,9-10H,5-8,14H2,1-2H3,(H,15,16,19);1H. The molecule has 112 valence electrons. The molecule has 2 heterocycles. The van der Waals surface area contributed by atoms with Gasteiger partial charge in [0, 0.05) is 26.2 Å². The van der Waals surface area contributed by atoms with Crippen molar-refractivity contribution in [3.05, 3.63) is 18.3 Å². The van der Waals surface area contributed by atoms with Gasteiger partial charge in [-0.3, -0.25) is 4.79 Å². The first-order valence-corrected chi connectivity index (χ1v) is 6.52. The van der Waals surface area contributed by atoms with Crippen LogP contribution in [0.1, 0.15) is 6.92 Å². The van der Waals surface area contributed by atoms with E-state index in [1.54, 1.807) is 13.1 Å². The summed E-state index contributed by atoms with van der Waals surface area (Å²) in [6, 6.07) is 3.27. The normalized spacial score (nSPS) is 17.2. The molecule has 0 saturated carbocycles. The van der Waals surface area contributed by atoms with Crippen molar-refractivity contribution in [3.63, 3.8) is 0 Å². The molecule has 1 fully saturated rings. The number of hydrogen-bond acceptors (Lipinski definition) is 5. The molecule has 2 rings (SSSR count). The summed E-state index contributed by atoms with van der Waals surface area (Å²) in [7, 11) is 2.13. The molecule has 1 saturated heterocycles. The van der Waals surface area contributed by atoms with Gasteiger partial charge in [-0.25, -0.2) is 4.98 Å². The fourth-order valence-electron chi connectivity index (χ4n) is 1.95. The lowest BCUT2D eigenvalue weighted by molar-refractivity contribution is -0.117. The lowest BCUT2D eigenvalue weighted by atomic mass is 10.3. The number of amides is 1. The van der Waals surface area contributed by atoms with Gasteiger partial charge in [-0.2, -0.15) is 0 Å². The van der Waals surface area contributed by atoms with E-state index in [2.05, 4.69) is 27.1 Å². The molecule has 6 nitrogen and oxygen atoms in total. The number of carbonyl (C=O) groups is 1. The summed E-state index contributed by atoms with van der Waals surface area (Å²) < 4.78 is 0. The zero-order chi connectivity index (χ0) is 13.8. The Morgan fingerprint density at radius 2 is 2.00 bits per heavy atom. The van der Waals surface area contributed by atoms with Crippen LogP contribution in [0.4, 0.5) is 11.5 Å². The predicted molar refractivity (Wildman–Crippen MR) is 83.5 cm³/mol. The molecule has 1 aliphatic rings. The van der Waals surface area contributed by atoms with Gasteiger partial charge in [0.25, 0.3) is 0 Å². The lowest BCUT2D eigenvalue weighted by Gasteiger charge is -2.33. The van der Waals surface area contributed by atoms with Gasteiger partial charge < -0.3 is 20.9 Å². The highest BCUT2D eigenvalue weighted by Crippen LogP contribution is 2.16. The van der Waals surface area contributed by atoms with Gasteiger partial charge in [0.1, 0.15) is 5.82 Å². The van der Waals surface area contributed by atoms with Crippen LogP contribution in [0.2, 0.25) is 0 Å². The maximum absolute atomic E-state index is 11.4. The topological polar surface area (TPSA) is 74.5 Å². The molecule has 0 bridgehead atoms. The monoisotopic (exact) mass is 299 g/mol. The Balaban J connectivity index is 0.00000200. The largest absolute Gasteiger partial charge is 0.368 e. The Kier molecular flexibility index (Phi) is 6.19. The summed E-state index contributed by atoms with van der Waals surface area (Å²) in [5.41, 5.74) is 6.58. The molecular weight excluding hydrogens is 278 g/mol. The molecule has 1 atom stereocenters. The van der Waals surface area contributed by atoms with Crippen LogP contribution in [0.5, 0.6) is 0 Å². The van der Waals surface area contributed by atoms with Crippen LogP contribution >= 0.6 is 12.4 Å². The van der Waals surface area contributed by atoms with Crippen LogP contribution in [-0.2, 0) is 4.79 Å². The van der Waals surface area contributed by atoms with Gasteiger partial charge in [0.15, 0.2) is 0 Å². The SMILES string of the molecule is CC(N)C(=O)Nc1ccc(N2CCN(C)CC2)cn1.Cl. The molecule has 1 aromatic heterocycles. The molecule has 20 heavy (non-hydrogen) atoms. The number of hydrogen-bond donors (Lipinski definition) is 2. The number of pyridine rings is 1. The fraction of sp³-hybridized carbons (Fsp3) is 0.538. The van der Waals surface area contributed by atoms with E-state index in [0.717, 1.165) is 31.9 Å². The smallest absolute Gasteiger partial charge is 0.242 e. The van der Waals surface area contributed by atoms with E-state index < -0.39 is 6.04 Å². The average molecular weight is 300 g/mol. The van der Waals surface area contributed by atoms with Crippen LogP contribution in [0.3, 0.4) is 0 Å². The molecule has 0 aromatic carbocycles. The molecule has 0 radical (unpaired) electrons. The van der Waals surface area contributed by atoms with Crippen LogP contribution in [0.15, 0.2) is 18.3 Å². The van der Waals surface area contributed by atoms with E-state index in [1.165, 1.54) is 0 Å². The Morgan fingerprint density at radius 3 is 2.50 bits per heavy atom. The fourth-order valence-corrected chi connectivity index (χ4v) is 1.95. The molecule has 1 aromatic rings. The van der Waals surface area contributed by atoms with Gasteiger partial charge in [-0.1, -0.05) is 0 Å². The average Bonchev–Trinajstić information content (AvgIpc) is 2.40. The first-order valence-electron chi connectivity index (χ1n) is 6.52. The van der Waals surface area contributed by atoms with Gasteiger partial charge >= 0.3 is 0 Å². The van der Waals surface area contributed by atoms with Crippen molar-refractivity contribution in [2.45, 2.75) is 13.0 Å². The summed E-state index contributed by atoms with van der Waals surface area (Å²) in [5, 5.41) is 2.68. The van der Waals surface area contributed by atoms with Gasteiger partial charge in [0.05, 0.1) is 17.9 Å². The van der Waals surface area contributed by atoms with Crippen LogP contribution in [-0.4, -0.2) is 55.1 Å². The van der Waals surface area contributed by atoms with Crippen molar-refractivity contribution in [3.8, 4) is 0 Å². The zero-order valence-corrected chi connectivity index (χ0v) is 12.7. The van der Waals surface area contributed by atoms with Crippen molar-refractivity contribution in [1.82, 2.24) is 9.88 Å². The Hall–Kier alpha value is -1.37. The maximum Gasteiger partial charge on any atom is 0.242 e. The van der Waals surface area contributed by atoms with E-state index >= 15 is 0 Å². The second kappa shape index (κ2) is 7.42. The highest BCUT2D eigenvalue weighted by Gasteiger charge is 2.14. The third kappa shape index (κ3) is 4.33. The first-order chi connectivity index (χ1) is 9.06. The van der Waals surface area contributed by atoms with Crippen molar-refractivity contribution >= 4 is 29.8 Å². The number of aromatic nitrogens is 1.